The lowest BCUT2D eigenvalue weighted by Gasteiger charge is -1.99. The first-order valence-electron chi connectivity index (χ1n) is 5.62. The van der Waals surface area contributed by atoms with Gasteiger partial charge in [0.2, 0.25) is 11.6 Å². The predicted octanol–water partition coefficient (Wildman–Crippen LogP) is 3.46. The van der Waals surface area contributed by atoms with Gasteiger partial charge in [-0.2, -0.15) is 8.42 Å². The molecule has 110 valence electrons. The third kappa shape index (κ3) is 7.04. The van der Waals surface area contributed by atoms with Gasteiger partial charge in [0, 0.05) is 32.5 Å². The number of benzene rings is 2. The third-order valence-electron chi connectivity index (χ3n) is 2.28. The summed E-state index contributed by atoms with van der Waals surface area (Å²) in [4.78, 5) is 23.6. The molecule has 0 spiro atoms. The molecular formula is C14H10Cl2O4S. The van der Waals surface area contributed by atoms with Gasteiger partial charge in [-0.05, 0) is 0 Å². The molecule has 0 atom stereocenters. The summed E-state index contributed by atoms with van der Waals surface area (Å²) in [6, 6.07) is 17.2. The summed E-state index contributed by atoms with van der Waals surface area (Å²) in [5.41, 5.74) is 0.854. The third-order valence-corrected chi connectivity index (χ3v) is 2.28. The second-order valence-electron chi connectivity index (χ2n) is 3.77. The van der Waals surface area contributed by atoms with Crippen LogP contribution in [0.4, 0.5) is 0 Å². The lowest BCUT2D eigenvalue weighted by atomic mass is 10.0. The Balaban J connectivity index is 0.000000383. The molecule has 2 aromatic rings. The highest BCUT2D eigenvalue weighted by atomic mass is 36.0. The quantitative estimate of drug-likeness (QED) is 0.485. The summed E-state index contributed by atoms with van der Waals surface area (Å²) in [5, 5.41) is 0. The molecular weight excluding hydrogens is 335 g/mol. The molecule has 0 unspecified atom stereocenters. The predicted molar refractivity (Wildman–Crippen MR) is 82.2 cm³/mol. The second-order valence-corrected chi connectivity index (χ2v) is 7.44. The van der Waals surface area contributed by atoms with Crippen LogP contribution in [0.3, 0.4) is 0 Å². The number of carbonyl (C=O) groups excluding carboxylic acids is 2. The van der Waals surface area contributed by atoms with Crippen LogP contribution < -0.4 is 0 Å². The molecule has 4 nitrogen and oxygen atoms in total. The molecule has 2 rings (SSSR count). The molecule has 0 saturated carbocycles. The van der Waals surface area contributed by atoms with Crippen LogP contribution in [-0.2, 0) is 8.26 Å². The van der Waals surface area contributed by atoms with Crippen LogP contribution in [0.1, 0.15) is 20.7 Å². The molecule has 0 N–H and O–H groups in total. The van der Waals surface area contributed by atoms with Gasteiger partial charge in [0.1, 0.15) is 0 Å². The number of rotatable bonds is 3. The van der Waals surface area contributed by atoms with Gasteiger partial charge in [0.15, 0.2) is 0 Å². The van der Waals surface area contributed by atoms with Gasteiger partial charge < -0.3 is 0 Å². The first-order valence-corrected chi connectivity index (χ1v) is 8.76. The van der Waals surface area contributed by atoms with E-state index in [0.717, 1.165) is 0 Å². The summed E-state index contributed by atoms with van der Waals surface area (Å²) in [5.74, 6) is -0.932. The van der Waals surface area contributed by atoms with E-state index in [1.54, 1.807) is 48.5 Å². The van der Waals surface area contributed by atoms with Crippen LogP contribution in [0.5, 0.6) is 0 Å². The van der Waals surface area contributed by atoms with Crippen molar-refractivity contribution in [1.29, 1.82) is 0 Å². The maximum atomic E-state index is 11.8. The Bertz CT molecular complexity index is 656. The second kappa shape index (κ2) is 7.93. The number of hydrogen-bond acceptors (Lipinski definition) is 4. The molecule has 0 aromatic heterocycles. The first-order chi connectivity index (χ1) is 9.79. The highest BCUT2D eigenvalue weighted by molar-refractivity contribution is 8.31. The SMILES string of the molecule is O=C(C(=O)c1ccccc1)c1ccccc1.O=S(=O)(Cl)Cl. The number of hydrogen-bond donors (Lipinski definition) is 0. The van der Waals surface area contributed by atoms with Gasteiger partial charge in [-0.25, -0.2) is 0 Å². The molecule has 0 aliphatic carbocycles. The fourth-order valence-electron chi connectivity index (χ4n) is 1.44. The largest absolute Gasteiger partial charge is 0.317 e. The minimum absolute atomic E-state index is 0.427. The Kier molecular flexibility index (Phi) is 6.55. The maximum absolute atomic E-state index is 11.8. The maximum Gasteiger partial charge on any atom is 0.317 e. The van der Waals surface area contributed by atoms with E-state index in [1.165, 1.54) is 0 Å². The van der Waals surface area contributed by atoms with Crippen LogP contribution in [0.25, 0.3) is 0 Å². The molecule has 7 heteroatoms. The van der Waals surface area contributed by atoms with Gasteiger partial charge in [0.25, 0.3) is 0 Å². The molecule has 0 saturated heterocycles. The number of ketones is 2. The average Bonchev–Trinajstić information content (AvgIpc) is 2.46. The Hall–Kier alpha value is -1.69. The van der Waals surface area contributed by atoms with E-state index in [0.29, 0.717) is 11.1 Å². The zero-order valence-corrected chi connectivity index (χ0v) is 12.9. The van der Waals surface area contributed by atoms with Crippen molar-refractivity contribution in [3.05, 3.63) is 71.8 Å². The molecule has 0 heterocycles. The molecule has 2 aromatic carbocycles. The van der Waals surface area contributed by atoms with Crippen LogP contribution in [0.2, 0.25) is 0 Å². The van der Waals surface area contributed by atoms with Gasteiger partial charge in [0.05, 0.1) is 0 Å². The Morgan fingerprint density at radius 2 is 0.905 bits per heavy atom. The lowest BCUT2D eigenvalue weighted by Crippen LogP contribution is -2.14. The summed E-state index contributed by atoms with van der Waals surface area (Å²) < 4.78 is 18.3. The van der Waals surface area contributed by atoms with E-state index in [4.69, 9.17) is 8.42 Å². The van der Waals surface area contributed by atoms with Crippen molar-refractivity contribution in [3.8, 4) is 0 Å². The van der Waals surface area contributed by atoms with Gasteiger partial charge >= 0.3 is 8.26 Å². The summed E-state index contributed by atoms with van der Waals surface area (Å²) in [7, 11) is 4.81. The molecule has 0 amide bonds. The highest BCUT2D eigenvalue weighted by Crippen LogP contribution is 2.07. The van der Waals surface area contributed by atoms with Crippen LogP contribution >= 0.6 is 21.4 Å². The molecule has 21 heavy (non-hydrogen) atoms. The fraction of sp³-hybridized carbons (Fsp3) is 0. The van der Waals surface area contributed by atoms with Crippen molar-refractivity contribution >= 4 is 41.2 Å². The van der Waals surface area contributed by atoms with Crippen LogP contribution in [-0.4, -0.2) is 20.0 Å². The highest BCUT2D eigenvalue weighted by Gasteiger charge is 2.16. The fourth-order valence-corrected chi connectivity index (χ4v) is 1.44. The normalized spacial score (nSPS) is 10.2. The minimum Gasteiger partial charge on any atom is -0.285 e. The Morgan fingerprint density at radius 1 is 0.667 bits per heavy atom. The van der Waals surface area contributed by atoms with E-state index in [9.17, 15) is 9.59 Å². The summed E-state index contributed by atoms with van der Waals surface area (Å²) >= 11 is 0. The zero-order chi connectivity index (χ0) is 15.9. The van der Waals surface area contributed by atoms with E-state index in [1.807, 2.05) is 12.1 Å². The molecule has 0 radical (unpaired) electrons. The van der Waals surface area contributed by atoms with E-state index < -0.39 is 19.8 Å². The molecule has 0 fully saturated rings. The lowest BCUT2D eigenvalue weighted by molar-refractivity contribution is 0.0817. The summed E-state index contributed by atoms with van der Waals surface area (Å²) in [6.07, 6.45) is 0. The van der Waals surface area contributed by atoms with Crippen LogP contribution in [0, 0.1) is 0 Å². The number of halogens is 2. The minimum atomic E-state index is -3.72. The Labute approximate surface area is 131 Å². The smallest absolute Gasteiger partial charge is 0.285 e. The topological polar surface area (TPSA) is 68.3 Å². The van der Waals surface area contributed by atoms with Crippen molar-refractivity contribution in [2.75, 3.05) is 0 Å². The van der Waals surface area contributed by atoms with Crippen molar-refractivity contribution in [1.82, 2.24) is 0 Å². The van der Waals surface area contributed by atoms with Crippen molar-refractivity contribution in [3.63, 3.8) is 0 Å². The van der Waals surface area contributed by atoms with Gasteiger partial charge in [-0.1, -0.05) is 60.7 Å². The monoisotopic (exact) mass is 344 g/mol. The molecule has 0 aliphatic rings. The number of Topliss-reactive ketones (excluding diaryl/α,β-unsaturated/α-hetero) is 2. The molecule has 0 aliphatic heterocycles. The van der Waals surface area contributed by atoms with Crippen molar-refractivity contribution in [2.24, 2.45) is 0 Å². The van der Waals surface area contributed by atoms with E-state index in [2.05, 4.69) is 21.4 Å². The average molecular weight is 345 g/mol. The van der Waals surface area contributed by atoms with E-state index in [-0.39, 0.29) is 0 Å². The Morgan fingerprint density at radius 3 is 1.14 bits per heavy atom. The van der Waals surface area contributed by atoms with Crippen molar-refractivity contribution < 1.29 is 18.0 Å². The van der Waals surface area contributed by atoms with Crippen LogP contribution in [0.15, 0.2) is 60.7 Å². The first kappa shape index (κ1) is 17.4. The van der Waals surface area contributed by atoms with E-state index >= 15 is 0 Å². The van der Waals surface area contributed by atoms with Gasteiger partial charge in [-0.15, -0.1) is 0 Å². The number of carbonyl (C=O) groups is 2. The standard InChI is InChI=1S/C14H10O2.Cl2O2S/c15-13(11-7-3-1-4-8-11)14(16)12-9-5-2-6-10-12;1-5(2,3)4/h1-10H;. The molecule has 0 bridgehead atoms. The van der Waals surface area contributed by atoms with Crippen molar-refractivity contribution in [2.45, 2.75) is 0 Å². The van der Waals surface area contributed by atoms with Gasteiger partial charge in [-0.3, -0.25) is 9.59 Å². The zero-order valence-electron chi connectivity index (χ0n) is 10.6. The summed E-state index contributed by atoms with van der Waals surface area (Å²) in [6.45, 7) is 0.